The van der Waals surface area contributed by atoms with E-state index >= 15 is 0 Å². The fourth-order valence-electron chi connectivity index (χ4n) is 2.73. The van der Waals surface area contributed by atoms with Crippen LogP contribution in [-0.2, 0) is 4.79 Å². The van der Waals surface area contributed by atoms with E-state index in [1.54, 1.807) is 4.90 Å². The van der Waals surface area contributed by atoms with Crippen LogP contribution in [0.2, 0.25) is 0 Å². The van der Waals surface area contributed by atoms with Crippen molar-refractivity contribution >= 4 is 5.91 Å². The molecule has 0 saturated carbocycles. The Kier molecular flexibility index (Phi) is 6.80. The summed E-state index contributed by atoms with van der Waals surface area (Å²) in [6.45, 7) is 8.01. The Labute approximate surface area is 118 Å². The molecule has 0 aromatic rings. The monoisotopic (exact) mass is 269 g/mol. The summed E-state index contributed by atoms with van der Waals surface area (Å²) in [5.41, 5.74) is 0. The van der Waals surface area contributed by atoms with E-state index in [-0.39, 0.29) is 5.91 Å². The Morgan fingerprint density at radius 1 is 1.21 bits per heavy atom. The first-order valence-corrected chi connectivity index (χ1v) is 7.56. The van der Waals surface area contributed by atoms with Crippen molar-refractivity contribution in [2.45, 2.75) is 51.6 Å². The normalized spacial score (nSPS) is 18.3. The van der Waals surface area contributed by atoms with E-state index in [1.807, 2.05) is 14.1 Å². The van der Waals surface area contributed by atoms with Gasteiger partial charge in [0, 0.05) is 32.6 Å². The van der Waals surface area contributed by atoms with E-state index < -0.39 is 0 Å². The number of rotatable bonds is 6. The van der Waals surface area contributed by atoms with Crippen LogP contribution in [0.25, 0.3) is 0 Å². The molecule has 1 rings (SSSR count). The SMILES string of the molecule is CC(C)N1CCC(N(C)CCCC(=O)N(C)C)CC1. The van der Waals surface area contributed by atoms with Crippen LogP contribution in [0.1, 0.15) is 39.5 Å². The van der Waals surface area contributed by atoms with Gasteiger partial charge in [-0.25, -0.2) is 0 Å². The van der Waals surface area contributed by atoms with E-state index in [9.17, 15) is 4.79 Å². The van der Waals surface area contributed by atoms with Crippen LogP contribution in [0.5, 0.6) is 0 Å². The second-order valence-corrected chi connectivity index (χ2v) is 6.23. The summed E-state index contributed by atoms with van der Waals surface area (Å²) >= 11 is 0. The Hall–Kier alpha value is -0.610. The van der Waals surface area contributed by atoms with E-state index in [2.05, 4.69) is 30.7 Å². The number of carbonyl (C=O) groups excluding carboxylic acids is 1. The zero-order chi connectivity index (χ0) is 14.4. The quantitative estimate of drug-likeness (QED) is 0.734. The highest BCUT2D eigenvalue weighted by Gasteiger charge is 2.23. The van der Waals surface area contributed by atoms with Gasteiger partial charge in [-0.2, -0.15) is 0 Å². The highest BCUT2D eigenvalue weighted by Crippen LogP contribution is 2.17. The highest BCUT2D eigenvalue weighted by molar-refractivity contribution is 5.75. The fourth-order valence-corrected chi connectivity index (χ4v) is 2.73. The Morgan fingerprint density at radius 2 is 1.79 bits per heavy atom. The molecule has 1 heterocycles. The summed E-state index contributed by atoms with van der Waals surface area (Å²) < 4.78 is 0. The number of amides is 1. The van der Waals surface area contributed by atoms with Crippen LogP contribution < -0.4 is 0 Å². The average Bonchev–Trinajstić information content (AvgIpc) is 2.38. The molecule has 0 N–H and O–H groups in total. The second-order valence-electron chi connectivity index (χ2n) is 6.23. The minimum Gasteiger partial charge on any atom is -0.349 e. The van der Waals surface area contributed by atoms with Crippen LogP contribution >= 0.6 is 0 Å². The summed E-state index contributed by atoms with van der Waals surface area (Å²) in [6, 6.07) is 1.37. The van der Waals surface area contributed by atoms with Gasteiger partial charge < -0.3 is 14.7 Å². The molecule has 0 spiro atoms. The smallest absolute Gasteiger partial charge is 0.222 e. The van der Waals surface area contributed by atoms with Gasteiger partial charge in [0.15, 0.2) is 0 Å². The molecule has 1 fully saturated rings. The van der Waals surface area contributed by atoms with Crippen LogP contribution in [0.15, 0.2) is 0 Å². The molecular weight excluding hydrogens is 238 g/mol. The third-order valence-electron chi connectivity index (χ3n) is 4.25. The summed E-state index contributed by atoms with van der Waals surface area (Å²) in [7, 11) is 5.86. The first kappa shape index (κ1) is 16.4. The standard InChI is InChI=1S/C15H31N3O/c1-13(2)18-11-8-14(9-12-18)17(5)10-6-7-15(19)16(3)4/h13-14H,6-12H2,1-5H3. The Morgan fingerprint density at radius 3 is 2.26 bits per heavy atom. The number of hydrogen-bond donors (Lipinski definition) is 0. The van der Waals surface area contributed by atoms with E-state index in [0.29, 0.717) is 18.5 Å². The first-order valence-electron chi connectivity index (χ1n) is 7.56. The molecule has 1 aliphatic rings. The van der Waals surface area contributed by atoms with Gasteiger partial charge in [0.05, 0.1) is 0 Å². The van der Waals surface area contributed by atoms with Crippen LogP contribution in [0.4, 0.5) is 0 Å². The molecular formula is C15H31N3O. The maximum Gasteiger partial charge on any atom is 0.222 e. The largest absolute Gasteiger partial charge is 0.349 e. The van der Waals surface area contributed by atoms with Crippen molar-refractivity contribution in [3.05, 3.63) is 0 Å². The van der Waals surface area contributed by atoms with Gasteiger partial charge in [0.25, 0.3) is 0 Å². The first-order chi connectivity index (χ1) is 8.91. The Bertz CT molecular complexity index is 271. The minimum absolute atomic E-state index is 0.239. The maximum atomic E-state index is 11.5. The van der Waals surface area contributed by atoms with Gasteiger partial charge in [-0.05, 0) is 59.8 Å². The lowest BCUT2D eigenvalue weighted by Crippen LogP contribution is -2.45. The van der Waals surface area contributed by atoms with Crippen molar-refractivity contribution in [2.75, 3.05) is 40.8 Å². The summed E-state index contributed by atoms with van der Waals surface area (Å²) in [4.78, 5) is 18.2. The van der Waals surface area contributed by atoms with Gasteiger partial charge in [0.2, 0.25) is 5.91 Å². The molecule has 1 amide bonds. The average molecular weight is 269 g/mol. The minimum atomic E-state index is 0.239. The van der Waals surface area contributed by atoms with Crippen molar-refractivity contribution in [1.82, 2.24) is 14.7 Å². The highest BCUT2D eigenvalue weighted by atomic mass is 16.2. The lowest BCUT2D eigenvalue weighted by molar-refractivity contribution is -0.128. The zero-order valence-corrected chi connectivity index (χ0v) is 13.4. The maximum absolute atomic E-state index is 11.5. The van der Waals surface area contributed by atoms with Crippen molar-refractivity contribution in [2.24, 2.45) is 0 Å². The molecule has 0 aliphatic carbocycles. The topological polar surface area (TPSA) is 26.8 Å². The van der Waals surface area contributed by atoms with Gasteiger partial charge >= 0.3 is 0 Å². The van der Waals surface area contributed by atoms with Crippen molar-refractivity contribution in [3.8, 4) is 0 Å². The molecule has 4 heteroatoms. The molecule has 19 heavy (non-hydrogen) atoms. The number of nitrogens with zero attached hydrogens (tertiary/aromatic N) is 3. The summed E-state index contributed by atoms with van der Waals surface area (Å²) in [6.07, 6.45) is 4.16. The molecule has 1 aliphatic heterocycles. The van der Waals surface area contributed by atoms with Crippen LogP contribution in [0, 0.1) is 0 Å². The van der Waals surface area contributed by atoms with Crippen LogP contribution in [-0.4, -0.2) is 73.5 Å². The van der Waals surface area contributed by atoms with E-state index in [1.165, 1.54) is 25.9 Å². The Balaban J connectivity index is 2.21. The number of piperidine rings is 1. The third-order valence-corrected chi connectivity index (χ3v) is 4.25. The van der Waals surface area contributed by atoms with Crippen LogP contribution in [0.3, 0.4) is 0 Å². The second kappa shape index (κ2) is 7.85. The molecule has 0 atom stereocenters. The third kappa shape index (κ3) is 5.49. The molecule has 0 unspecified atom stereocenters. The lowest BCUT2D eigenvalue weighted by Gasteiger charge is -2.38. The predicted octanol–water partition coefficient (Wildman–Crippen LogP) is 1.66. The summed E-state index contributed by atoms with van der Waals surface area (Å²) in [5.74, 6) is 0.239. The zero-order valence-electron chi connectivity index (χ0n) is 13.4. The molecule has 0 bridgehead atoms. The van der Waals surface area contributed by atoms with Gasteiger partial charge in [-0.15, -0.1) is 0 Å². The van der Waals surface area contributed by atoms with Crippen molar-refractivity contribution in [1.29, 1.82) is 0 Å². The van der Waals surface area contributed by atoms with Gasteiger partial charge in [-0.1, -0.05) is 0 Å². The van der Waals surface area contributed by atoms with E-state index in [4.69, 9.17) is 0 Å². The summed E-state index contributed by atoms with van der Waals surface area (Å²) in [5, 5.41) is 0. The molecule has 1 saturated heterocycles. The number of likely N-dealkylation sites (tertiary alicyclic amines) is 1. The molecule has 0 radical (unpaired) electrons. The van der Waals surface area contributed by atoms with Gasteiger partial charge in [-0.3, -0.25) is 4.79 Å². The number of hydrogen-bond acceptors (Lipinski definition) is 3. The van der Waals surface area contributed by atoms with E-state index in [0.717, 1.165) is 13.0 Å². The number of carbonyl (C=O) groups is 1. The molecule has 112 valence electrons. The van der Waals surface area contributed by atoms with Crippen molar-refractivity contribution in [3.63, 3.8) is 0 Å². The fraction of sp³-hybridized carbons (Fsp3) is 0.933. The molecule has 0 aromatic carbocycles. The lowest BCUT2D eigenvalue weighted by atomic mass is 10.0. The predicted molar refractivity (Wildman–Crippen MR) is 80.3 cm³/mol. The molecule has 4 nitrogen and oxygen atoms in total. The van der Waals surface area contributed by atoms with Crippen molar-refractivity contribution < 1.29 is 4.79 Å². The van der Waals surface area contributed by atoms with Gasteiger partial charge in [0.1, 0.15) is 0 Å². The molecule has 0 aromatic heterocycles.